The molecule has 1 fully saturated rings. The Morgan fingerprint density at radius 1 is 0.824 bits per heavy atom. The van der Waals surface area contributed by atoms with E-state index in [2.05, 4.69) is 29.2 Å². The van der Waals surface area contributed by atoms with Gasteiger partial charge in [-0.05, 0) is 48.4 Å². The van der Waals surface area contributed by atoms with E-state index in [4.69, 9.17) is 4.74 Å². The monoisotopic (exact) mass is 457 g/mol. The van der Waals surface area contributed by atoms with Crippen LogP contribution in [0, 0.1) is 0 Å². The third-order valence-corrected chi connectivity index (χ3v) is 6.23. The number of carbonyl (C=O) groups is 2. The lowest BCUT2D eigenvalue weighted by molar-refractivity contribution is -0.131. The van der Waals surface area contributed by atoms with Gasteiger partial charge in [0.25, 0.3) is 5.91 Å². The zero-order valence-electron chi connectivity index (χ0n) is 19.6. The smallest absolute Gasteiger partial charge is 0.258 e. The number of nitrogens with zero attached hydrogens (tertiary/aromatic N) is 3. The normalized spacial score (nSPS) is 14.0. The van der Waals surface area contributed by atoms with Crippen LogP contribution in [0.5, 0.6) is 5.75 Å². The summed E-state index contributed by atoms with van der Waals surface area (Å²) in [5, 5.41) is 0. The lowest BCUT2D eigenvalue weighted by Crippen LogP contribution is -2.52. The number of ether oxygens (including phenoxy) is 1. The third-order valence-electron chi connectivity index (χ3n) is 6.23. The molecule has 0 saturated carbocycles. The Kier molecular flexibility index (Phi) is 7.94. The van der Waals surface area contributed by atoms with Gasteiger partial charge in [-0.25, -0.2) is 0 Å². The van der Waals surface area contributed by atoms with Crippen LogP contribution in [-0.2, 0) is 11.2 Å². The van der Waals surface area contributed by atoms with Gasteiger partial charge in [0.15, 0.2) is 0 Å². The molecule has 6 nitrogen and oxygen atoms in total. The molecule has 1 aliphatic rings. The first kappa shape index (κ1) is 23.5. The number of piperazine rings is 1. The Hall–Kier alpha value is -3.64. The predicted molar refractivity (Wildman–Crippen MR) is 134 cm³/mol. The highest BCUT2D eigenvalue weighted by atomic mass is 16.5. The highest BCUT2D eigenvalue weighted by Crippen LogP contribution is 2.19. The van der Waals surface area contributed by atoms with Crippen LogP contribution in [0.2, 0.25) is 0 Å². The number of hydrogen-bond acceptors (Lipinski definition) is 4. The molecule has 3 aromatic rings. The number of amides is 2. The summed E-state index contributed by atoms with van der Waals surface area (Å²) in [5.41, 5.74) is 2.55. The van der Waals surface area contributed by atoms with Gasteiger partial charge in [-0.15, -0.1) is 0 Å². The van der Waals surface area contributed by atoms with E-state index in [9.17, 15) is 9.59 Å². The highest BCUT2D eigenvalue weighted by Gasteiger charge is 2.26. The van der Waals surface area contributed by atoms with Gasteiger partial charge < -0.3 is 9.64 Å². The van der Waals surface area contributed by atoms with Crippen molar-refractivity contribution in [1.82, 2.24) is 9.80 Å². The number of methoxy groups -OCH3 is 1. The quantitative estimate of drug-likeness (QED) is 0.517. The molecule has 0 radical (unpaired) electrons. The molecular formula is C28H31N3O3. The van der Waals surface area contributed by atoms with Gasteiger partial charge in [-0.2, -0.15) is 0 Å². The van der Waals surface area contributed by atoms with Crippen molar-refractivity contribution in [1.29, 1.82) is 0 Å². The molecule has 6 heteroatoms. The molecule has 0 atom stereocenters. The maximum Gasteiger partial charge on any atom is 0.258 e. The molecule has 0 N–H and O–H groups in total. The van der Waals surface area contributed by atoms with Crippen molar-refractivity contribution in [2.45, 2.75) is 6.42 Å². The number of para-hydroxylation sites is 1. The summed E-state index contributed by atoms with van der Waals surface area (Å²) in [4.78, 5) is 32.4. The van der Waals surface area contributed by atoms with Crippen LogP contribution in [0.25, 0.3) is 0 Å². The van der Waals surface area contributed by atoms with Crippen LogP contribution >= 0.6 is 0 Å². The summed E-state index contributed by atoms with van der Waals surface area (Å²) in [7, 11) is 1.59. The molecule has 1 aliphatic heterocycles. The number of carbonyl (C=O) groups excluding carboxylic acids is 2. The fraction of sp³-hybridized carbons (Fsp3) is 0.286. The number of benzene rings is 3. The molecular weight excluding hydrogens is 426 g/mol. The van der Waals surface area contributed by atoms with E-state index in [0.29, 0.717) is 30.1 Å². The Morgan fingerprint density at radius 2 is 1.44 bits per heavy atom. The van der Waals surface area contributed by atoms with Crippen LogP contribution < -0.4 is 9.64 Å². The summed E-state index contributed by atoms with van der Waals surface area (Å²) in [6.45, 7) is 4.03. The molecule has 0 bridgehead atoms. The van der Waals surface area contributed by atoms with Crippen molar-refractivity contribution in [3.8, 4) is 5.75 Å². The van der Waals surface area contributed by atoms with Crippen LogP contribution in [0.3, 0.4) is 0 Å². The second kappa shape index (κ2) is 11.5. The van der Waals surface area contributed by atoms with E-state index in [1.807, 2.05) is 41.3 Å². The van der Waals surface area contributed by atoms with Crippen LogP contribution in [0.15, 0.2) is 84.9 Å². The number of rotatable bonds is 8. The lowest BCUT2D eigenvalue weighted by atomic mass is 10.1. The molecule has 1 saturated heterocycles. The topological polar surface area (TPSA) is 53.1 Å². The lowest BCUT2D eigenvalue weighted by Gasteiger charge is -2.36. The van der Waals surface area contributed by atoms with Gasteiger partial charge in [-0.3, -0.25) is 19.4 Å². The van der Waals surface area contributed by atoms with Crippen molar-refractivity contribution in [3.63, 3.8) is 0 Å². The summed E-state index contributed by atoms with van der Waals surface area (Å²) in [6.07, 6.45) is 1.01. The maximum absolute atomic E-state index is 13.3. The fourth-order valence-electron chi connectivity index (χ4n) is 4.17. The van der Waals surface area contributed by atoms with Crippen LogP contribution in [-0.4, -0.2) is 68.0 Å². The van der Waals surface area contributed by atoms with Crippen LogP contribution in [0.1, 0.15) is 15.9 Å². The second-order valence-corrected chi connectivity index (χ2v) is 8.41. The van der Waals surface area contributed by atoms with Gasteiger partial charge in [0.05, 0.1) is 7.11 Å². The summed E-state index contributed by atoms with van der Waals surface area (Å²) >= 11 is 0. The van der Waals surface area contributed by atoms with Gasteiger partial charge in [0.1, 0.15) is 12.3 Å². The van der Waals surface area contributed by atoms with Crippen LogP contribution in [0.4, 0.5) is 5.69 Å². The van der Waals surface area contributed by atoms with Gasteiger partial charge >= 0.3 is 0 Å². The molecule has 1 heterocycles. The van der Waals surface area contributed by atoms with Gasteiger partial charge in [0, 0.05) is 44.0 Å². The predicted octanol–water partition coefficient (Wildman–Crippen LogP) is 3.73. The average molecular weight is 458 g/mol. The van der Waals surface area contributed by atoms with Crippen molar-refractivity contribution in [2.75, 3.05) is 51.3 Å². The van der Waals surface area contributed by atoms with E-state index < -0.39 is 0 Å². The summed E-state index contributed by atoms with van der Waals surface area (Å²) in [6, 6.07) is 26.8. The van der Waals surface area contributed by atoms with Crippen molar-refractivity contribution >= 4 is 17.5 Å². The zero-order chi connectivity index (χ0) is 23.8. The number of anilines is 1. The SMILES string of the molecule is COc1ccc(C(=O)N(CC(=O)N2CCN(CCc3ccccc3)CC2)c2ccccc2)cc1. The fourth-order valence-corrected chi connectivity index (χ4v) is 4.17. The molecule has 176 valence electrons. The molecule has 0 spiro atoms. The van der Waals surface area contributed by atoms with Gasteiger partial charge in [0.2, 0.25) is 5.91 Å². The Bertz CT molecular complexity index is 1060. The summed E-state index contributed by atoms with van der Waals surface area (Å²) in [5.74, 6) is 0.446. The first-order chi connectivity index (χ1) is 16.6. The van der Waals surface area contributed by atoms with E-state index in [1.54, 1.807) is 36.3 Å². The summed E-state index contributed by atoms with van der Waals surface area (Å²) < 4.78 is 5.20. The van der Waals surface area contributed by atoms with E-state index in [0.717, 1.165) is 26.1 Å². The Balaban J connectivity index is 1.37. The minimum absolute atomic E-state index is 0.0128. The molecule has 0 aromatic heterocycles. The van der Waals surface area contributed by atoms with Crippen molar-refractivity contribution in [2.24, 2.45) is 0 Å². The molecule has 3 aromatic carbocycles. The second-order valence-electron chi connectivity index (χ2n) is 8.41. The van der Waals surface area contributed by atoms with E-state index in [1.165, 1.54) is 5.56 Å². The molecule has 0 aliphatic carbocycles. The minimum atomic E-state index is -0.205. The van der Waals surface area contributed by atoms with E-state index >= 15 is 0 Å². The third kappa shape index (κ3) is 6.02. The highest BCUT2D eigenvalue weighted by molar-refractivity contribution is 6.08. The standard InChI is InChI=1S/C28H31N3O3/c1-34-26-14-12-24(13-15-26)28(33)31(25-10-6-3-7-11-25)22-27(32)30-20-18-29(19-21-30)17-16-23-8-4-2-5-9-23/h2-15H,16-22H2,1H3. The zero-order valence-corrected chi connectivity index (χ0v) is 19.6. The first-order valence-corrected chi connectivity index (χ1v) is 11.7. The van der Waals surface area contributed by atoms with Gasteiger partial charge in [-0.1, -0.05) is 48.5 Å². The van der Waals surface area contributed by atoms with Crippen molar-refractivity contribution in [3.05, 3.63) is 96.1 Å². The van der Waals surface area contributed by atoms with E-state index in [-0.39, 0.29) is 18.4 Å². The Morgan fingerprint density at radius 3 is 2.06 bits per heavy atom. The first-order valence-electron chi connectivity index (χ1n) is 11.7. The molecule has 4 rings (SSSR count). The molecule has 2 amide bonds. The maximum atomic E-state index is 13.3. The minimum Gasteiger partial charge on any atom is -0.497 e. The average Bonchev–Trinajstić information content (AvgIpc) is 2.91. The number of hydrogen-bond donors (Lipinski definition) is 0. The Labute approximate surface area is 201 Å². The largest absolute Gasteiger partial charge is 0.497 e. The molecule has 0 unspecified atom stereocenters. The van der Waals surface area contributed by atoms with Crippen molar-refractivity contribution < 1.29 is 14.3 Å². The molecule has 34 heavy (non-hydrogen) atoms.